The maximum absolute atomic E-state index is 13.2. The molecule has 2 aliphatic heterocycles. The van der Waals surface area contributed by atoms with Crippen molar-refractivity contribution in [2.45, 2.75) is 90.2 Å². The summed E-state index contributed by atoms with van der Waals surface area (Å²) in [6.45, 7) is 12.0. The van der Waals surface area contributed by atoms with E-state index < -0.39 is 11.5 Å². The van der Waals surface area contributed by atoms with Crippen molar-refractivity contribution < 1.29 is 14.3 Å². The van der Waals surface area contributed by atoms with Crippen LogP contribution in [-0.4, -0.2) is 76.2 Å². The van der Waals surface area contributed by atoms with E-state index in [4.69, 9.17) is 4.74 Å². The predicted molar refractivity (Wildman–Crippen MR) is 160 cm³/mol. The molecule has 222 valence electrons. The van der Waals surface area contributed by atoms with Crippen molar-refractivity contribution in [1.29, 1.82) is 0 Å². The molecule has 2 saturated heterocycles. The van der Waals surface area contributed by atoms with Crippen molar-refractivity contribution in [3.8, 4) is 0 Å². The van der Waals surface area contributed by atoms with Gasteiger partial charge in [-0.15, -0.1) is 0 Å². The number of carbonyl (C=O) groups excluding carboxylic acids is 2. The molecule has 1 N–H and O–H groups in total. The van der Waals surface area contributed by atoms with Crippen LogP contribution >= 0.6 is 0 Å². The summed E-state index contributed by atoms with van der Waals surface area (Å²) in [6.07, 6.45) is 12.8. The van der Waals surface area contributed by atoms with Crippen LogP contribution in [0.1, 0.15) is 84.3 Å². The number of anilines is 3. The number of nitrogens with one attached hydrogen (secondary N) is 1. The minimum atomic E-state index is -0.519. The Kier molecular flexibility index (Phi) is 8.94. The number of ether oxygens (including phenoxy) is 1. The second-order valence-corrected chi connectivity index (χ2v) is 12.8. The van der Waals surface area contributed by atoms with Gasteiger partial charge in [-0.25, -0.2) is 9.78 Å². The maximum Gasteiger partial charge on any atom is 0.410 e. The summed E-state index contributed by atoms with van der Waals surface area (Å²) in [6, 6.07) is 4.06. The number of hydrogen-bond donors (Lipinski definition) is 1. The molecule has 41 heavy (non-hydrogen) atoms. The van der Waals surface area contributed by atoms with Gasteiger partial charge in [-0.1, -0.05) is 6.42 Å². The quantitative estimate of drug-likeness (QED) is 0.466. The molecular formula is C31H45N7O3. The van der Waals surface area contributed by atoms with Gasteiger partial charge in [-0.05, 0) is 84.3 Å². The van der Waals surface area contributed by atoms with E-state index in [0.717, 1.165) is 69.9 Å². The molecule has 1 unspecified atom stereocenters. The molecule has 2 atom stereocenters. The largest absolute Gasteiger partial charge is 0.444 e. The molecule has 2 amide bonds. The van der Waals surface area contributed by atoms with E-state index >= 15 is 0 Å². The standard InChI is InChI=1S/C31H45N7O3/c1-22(29(39)35-27-18-32-19-28(34-27)36-14-5-6-15-36)26-13-12-24(17-33-26)37-16-8-11-25(21-37)38(20-23-9-7-10-23)30(40)41-31(2,3)4/h12-13,17-19,22-23,25H,5-11,14-16,20-21H2,1-4H3,(H,34,35,39)/t22?,25-/m1/s1. The number of rotatable bonds is 8. The molecular weight excluding hydrogens is 518 g/mol. The van der Waals surface area contributed by atoms with Crippen molar-refractivity contribution in [2.75, 3.05) is 47.8 Å². The van der Waals surface area contributed by atoms with Crippen molar-refractivity contribution >= 4 is 29.3 Å². The van der Waals surface area contributed by atoms with Gasteiger partial charge >= 0.3 is 6.09 Å². The molecule has 2 aromatic rings. The highest BCUT2D eigenvalue weighted by Gasteiger charge is 2.34. The lowest BCUT2D eigenvalue weighted by atomic mass is 9.84. The minimum Gasteiger partial charge on any atom is -0.444 e. The zero-order valence-corrected chi connectivity index (χ0v) is 25.0. The SMILES string of the molecule is CC(C(=O)Nc1cncc(N2CCCC2)n1)c1ccc(N2CCC[C@@H](N(CC3CCC3)C(=O)OC(C)(C)C)C2)cn1. The predicted octanol–water partition coefficient (Wildman–Crippen LogP) is 5.22. The monoisotopic (exact) mass is 563 g/mol. The second kappa shape index (κ2) is 12.6. The summed E-state index contributed by atoms with van der Waals surface area (Å²) in [4.78, 5) is 46.3. The van der Waals surface area contributed by atoms with Gasteiger partial charge in [0.15, 0.2) is 5.82 Å². The summed E-state index contributed by atoms with van der Waals surface area (Å²) in [5, 5.41) is 2.91. The Labute approximate surface area is 243 Å². The number of hydrogen-bond acceptors (Lipinski definition) is 8. The third kappa shape index (κ3) is 7.45. The number of piperidine rings is 1. The van der Waals surface area contributed by atoms with Crippen LogP contribution < -0.4 is 15.1 Å². The first-order valence-electron chi connectivity index (χ1n) is 15.2. The van der Waals surface area contributed by atoms with Crippen molar-refractivity contribution in [1.82, 2.24) is 19.9 Å². The molecule has 0 radical (unpaired) electrons. The fourth-order valence-corrected chi connectivity index (χ4v) is 5.81. The Hall–Kier alpha value is -3.43. The Balaban J connectivity index is 1.21. The van der Waals surface area contributed by atoms with Gasteiger partial charge in [-0.3, -0.25) is 14.8 Å². The Morgan fingerprint density at radius 1 is 1.02 bits per heavy atom. The van der Waals surface area contributed by atoms with Gasteiger partial charge < -0.3 is 24.8 Å². The lowest BCUT2D eigenvalue weighted by Gasteiger charge is -2.43. The van der Waals surface area contributed by atoms with E-state index in [9.17, 15) is 9.59 Å². The van der Waals surface area contributed by atoms with E-state index in [1.165, 1.54) is 19.3 Å². The lowest BCUT2D eigenvalue weighted by Crippen LogP contribution is -2.53. The Bertz CT molecular complexity index is 1190. The van der Waals surface area contributed by atoms with Gasteiger partial charge in [0.2, 0.25) is 5.91 Å². The molecule has 1 saturated carbocycles. The molecule has 1 aliphatic carbocycles. The highest BCUT2D eigenvalue weighted by molar-refractivity contribution is 5.94. The van der Waals surface area contributed by atoms with Gasteiger partial charge in [0, 0.05) is 32.7 Å². The zero-order chi connectivity index (χ0) is 29.0. The zero-order valence-electron chi connectivity index (χ0n) is 25.0. The van der Waals surface area contributed by atoms with Gasteiger partial charge in [0.1, 0.15) is 11.4 Å². The van der Waals surface area contributed by atoms with Crippen LogP contribution in [0, 0.1) is 5.92 Å². The summed E-state index contributed by atoms with van der Waals surface area (Å²) < 4.78 is 5.81. The molecule has 3 aliphatic rings. The van der Waals surface area contributed by atoms with Crippen molar-refractivity contribution in [3.05, 3.63) is 36.4 Å². The maximum atomic E-state index is 13.2. The van der Waals surface area contributed by atoms with E-state index in [0.29, 0.717) is 17.4 Å². The van der Waals surface area contributed by atoms with Gasteiger partial charge in [0.25, 0.3) is 0 Å². The highest BCUT2D eigenvalue weighted by atomic mass is 16.6. The smallest absolute Gasteiger partial charge is 0.410 e. The number of pyridine rings is 1. The summed E-state index contributed by atoms with van der Waals surface area (Å²) >= 11 is 0. The first-order valence-corrected chi connectivity index (χ1v) is 15.2. The molecule has 0 bridgehead atoms. The number of nitrogens with zero attached hydrogens (tertiary/aromatic N) is 6. The van der Waals surface area contributed by atoms with Crippen LogP contribution in [0.5, 0.6) is 0 Å². The third-order valence-corrected chi connectivity index (χ3v) is 8.42. The van der Waals surface area contributed by atoms with E-state index in [1.54, 1.807) is 12.4 Å². The average molecular weight is 564 g/mol. The lowest BCUT2D eigenvalue weighted by molar-refractivity contribution is -0.117. The van der Waals surface area contributed by atoms with Gasteiger partial charge in [0.05, 0.1) is 41.9 Å². The molecule has 2 aromatic heterocycles. The van der Waals surface area contributed by atoms with Crippen LogP contribution in [0.25, 0.3) is 0 Å². The van der Waals surface area contributed by atoms with E-state index in [2.05, 4.69) is 30.1 Å². The topological polar surface area (TPSA) is 104 Å². The van der Waals surface area contributed by atoms with Crippen LogP contribution in [0.15, 0.2) is 30.7 Å². The fraction of sp³-hybridized carbons (Fsp3) is 0.645. The first kappa shape index (κ1) is 29.1. The van der Waals surface area contributed by atoms with Crippen LogP contribution in [0.3, 0.4) is 0 Å². The molecule has 0 spiro atoms. The summed E-state index contributed by atoms with van der Waals surface area (Å²) in [5.74, 6) is 1.22. The Morgan fingerprint density at radius 2 is 1.78 bits per heavy atom. The highest BCUT2D eigenvalue weighted by Crippen LogP contribution is 2.31. The molecule has 0 aromatic carbocycles. The number of amides is 2. The normalized spacial score (nSPS) is 20.3. The fourth-order valence-electron chi connectivity index (χ4n) is 5.81. The minimum absolute atomic E-state index is 0.0982. The first-order chi connectivity index (χ1) is 19.7. The van der Waals surface area contributed by atoms with Crippen molar-refractivity contribution in [2.24, 2.45) is 5.92 Å². The van der Waals surface area contributed by atoms with E-state index in [-0.39, 0.29) is 18.0 Å². The Morgan fingerprint density at radius 3 is 2.44 bits per heavy atom. The molecule has 4 heterocycles. The average Bonchev–Trinajstić information content (AvgIpc) is 3.47. The molecule has 5 rings (SSSR count). The molecule has 10 heteroatoms. The second-order valence-electron chi connectivity index (χ2n) is 12.8. The number of aromatic nitrogens is 3. The summed E-state index contributed by atoms with van der Waals surface area (Å²) in [5.41, 5.74) is 1.18. The molecule has 10 nitrogen and oxygen atoms in total. The third-order valence-electron chi connectivity index (χ3n) is 8.42. The van der Waals surface area contributed by atoms with Crippen LogP contribution in [-0.2, 0) is 9.53 Å². The van der Waals surface area contributed by atoms with Crippen LogP contribution in [0.2, 0.25) is 0 Å². The molecule has 3 fully saturated rings. The van der Waals surface area contributed by atoms with Crippen LogP contribution in [0.4, 0.5) is 22.1 Å². The van der Waals surface area contributed by atoms with Crippen molar-refractivity contribution in [3.63, 3.8) is 0 Å². The number of carbonyl (C=O) groups is 2. The summed E-state index contributed by atoms with van der Waals surface area (Å²) in [7, 11) is 0. The van der Waals surface area contributed by atoms with E-state index in [1.807, 2.05) is 50.9 Å². The van der Waals surface area contributed by atoms with Gasteiger partial charge in [-0.2, -0.15) is 0 Å².